The summed E-state index contributed by atoms with van der Waals surface area (Å²) < 4.78 is 27.9. The highest BCUT2D eigenvalue weighted by Crippen LogP contribution is 2.42. The van der Waals surface area contributed by atoms with Gasteiger partial charge in [0.25, 0.3) is 0 Å². The molecule has 25 heavy (non-hydrogen) atoms. The molecule has 0 radical (unpaired) electrons. The second-order valence-electron chi connectivity index (χ2n) is 5.86. The fraction of sp³-hybridized carbons (Fsp3) is 0.533. The summed E-state index contributed by atoms with van der Waals surface area (Å²) in [6, 6.07) is 2.44. The minimum absolute atomic E-state index is 0.00541. The monoisotopic (exact) mass is 425 g/mol. The van der Waals surface area contributed by atoms with Crippen molar-refractivity contribution in [3.05, 3.63) is 27.7 Å². The van der Waals surface area contributed by atoms with Crippen molar-refractivity contribution in [3.63, 3.8) is 0 Å². The van der Waals surface area contributed by atoms with Crippen molar-refractivity contribution in [3.8, 4) is 0 Å². The molecule has 0 spiro atoms. The highest BCUT2D eigenvalue weighted by Gasteiger charge is 2.44. The summed E-state index contributed by atoms with van der Waals surface area (Å²) in [6.45, 7) is 3.64. The molecule has 0 amide bonds. The molecule has 2 atom stereocenters. The van der Waals surface area contributed by atoms with E-state index in [9.17, 15) is 13.5 Å². The molecule has 0 bridgehead atoms. The Morgan fingerprint density at radius 3 is 2.60 bits per heavy atom. The van der Waals surface area contributed by atoms with Crippen LogP contribution in [-0.2, 0) is 15.7 Å². The second kappa shape index (κ2) is 7.62. The van der Waals surface area contributed by atoms with Crippen LogP contribution < -0.4 is 4.72 Å². The van der Waals surface area contributed by atoms with Gasteiger partial charge in [-0.2, -0.15) is 0 Å². The molecule has 1 heterocycles. The molecule has 1 aliphatic heterocycles. The fourth-order valence-corrected chi connectivity index (χ4v) is 5.85. The molecule has 1 aromatic carbocycles. The van der Waals surface area contributed by atoms with E-state index in [1.165, 1.54) is 23.9 Å². The van der Waals surface area contributed by atoms with Gasteiger partial charge in [0.05, 0.1) is 15.8 Å². The van der Waals surface area contributed by atoms with Crippen LogP contribution in [0.3, 0.4) is 0 Å². The molecule has 140 valence electrons. The van der Waals surface area contributed by atoms with E-state index in [-0.39, 0.29) is 32.3 Å². The third kappa shape index (κ3) is 3.94. The number of benzene rings is 1. The molecule has 0 saturated carbocycles. The Hall–Kier alpha value is -0.510. The van der Waals surface area contributed by atoms with E-state index in [1.807, 2.05) is 6.92 Å². The van der Waals surface area contributed by atoms with Gasteiger partial charge in [-0.15, -0.1) is 0 Å². The van der Waals surface area contributed by atoms with Crippen LogP contribution in [0.2, 0.25) is 10.0 Å². The lowest BCUT2D eigenvalue weighted by molar-refractivity contribution is -0.0348. The third-order valence-electron chi connectivity index (χ3n) is 4.15. The van der Waals surface area contributed by atoms with E-state index in [2.05, 4.69) is 9.71 Å². The first-order chi connectivity index (χ1) is 11.6. The second-order valence-corrected chi connectivity index (χ2v) is 9.30. The van der Waals surface area contributed by atoms with Gasteiger partial charge in [-0.3, -0.25) is 4.99 Å². The molecule has 2 rings (SSSR count). The Labute approximate surface area is 162 Å². The van der Waals surface area contributed by atoms with Crippen molar-refractivity contribution < 1.29 is 13.5 Å². The van der Waals surface area contributed by atoms with E-state index >= 15 is 0 Å². The summed E-state index contributed by atoms with van der Waals surface area (Å²) in [7, 11) is -0.537. The van der Waals surface area contributed by atoms with Gasteiger partial charge in [0.15, 0.2) is 10.9 Å². The molecule has 1 fully saturated rings. The highest BCUT2D eigenvalue weighted by molar-refractivity contribution is 8.14. The molecular weight excluding hydrogens is 405 g/mol. The number of aliphatic hydroxyl groups is 1. The quantitative estimate of drug-likeness (QED) is 0.757. The maximum atomic E-state index is 12.6. The number of halogens is 2. The van der Waals surface area contributed by atoms with Crippen LogP contribution in [0.5, 0.6) is 0 Å². The van der Waals surface area contributed by atoms with Crippen molar-refractivity contribution in [1.82, 2.24) is 9.62 Å². The molecule has 1 aliphatic rings. The molecule has 2 unspecified atom stereocenters. The SMILES string of the molecule is CCC(C)NS(=O)(=O)c1cc(C2(O)CSC(=NC)N2C)c(Cl)cc1Cl. The minimum Gasteiger partial charge on any atom is -0.366 e. The number of amidine groups is 1. The van der Waals surface area contributed by atoms with Gasteiger partial charge in [0.2, 0.25) is 10.0 Å². The van der Waals surface area contributed by atoms with E-state index in [0.717, 1.165) is 0 Å². The number of rotatable bonds is 5. The third-order valence-corrected chi connectivity index (χ3v) is 7.78. The molecule has 1 aromatic rings. The lowest BCUT2D eigenvalue weighted by atomic mass is 10.0. The van der Waals surface area contributed by atoms with Gasteiger partial charge in [0.1, 0.15) is 4.90 Å². The van der Waals surface area contributed by atoms with Crippen LogP contribution >= 0.6 is 35.0 Å². The smallest absolute Gasteiger partial charge is 0.242 e. The molecular formula is C15H21Cl2N3O3S2. The molecule has 1 saturated heterocycles. The summed E-state index contributed by atoms with van der Waals surface area (Å²) in [5.74, 6) is 0.274. The van der Waals surface area contributed by atoms with Gasteiger partial charge in [0, 0.05) is 25.7 Å². The van der Waals surface area contributed by atoms with Crippen LogP contribution in [0.4, 0.5) is 0 Å². The lowest BCUT2D eigenvalue weighted by Gasteiger charge is -2.32. The predicted octanol–water partition coefficient (Wildman–Crippen LogP) is 2.88. The minimum atomic E-state index is -3.84. The van der Waals surface area contributed by atoms with Crippen molar-refractivity contribution >= 4 is 50.2 Å². The zero-order valence-corrected chi connectivity index (χ0v) is 17.5. The Balaban J connectivity index is 2.56. The first kappa shape index (κ1) is 20.8. The zero-order chi connectivity index (χ0) is 19.0. The molecule has 0 aliphatic carbocycles. The van der Waals surface area contributed by atoms with Crippen LogP contribution in [-0.4, -0.2) is 49.5 Å². The van der Waals surface area contributed by atoms with Crippen LogP contribution in [0, 0.1) is 0 Å². The van der Waals surface area contributed by atoms with Crippen LogP contribution in [0.25, 0.3) is 0 Å². The van der Waals surface area contributed by atoms with Crippen LogP contribution in [0.15, 0.2) is 22.0 Å². The number of hydrogen-bond acceptors (Lipinski definition) is 5. The summed E-state index contributed by atoms with van der Waals surface area (Å²) in [5.41, 5.74) is -1.20. The van der Waals surface area contributed by atoms with Gasteiger partial charge < -0.3 is 10.0 Å². The van der Waals surface area contributed by atoms with Gasteiger partial charge in [-0.05, 0) is 25.5 Å². The lowest BCUT2D eigenvalue weighted by Crippen LogP contribution is -2.42. The normalized spacial score (nSPS) is 24.1. The number of aliphatic imine (C=N–C) groups is 1. The fourth-order valence-electron chi connectivity index (χ4n) is 2.44. The Morgan fingerprint density at radius 1 is 1.44 bits per heavy atom. The molecule has 6 nitrogen and oxygen atoms in total. The number of hydrogen-bond donors (Lipinski definition) is 2. The summed E-state index contributed by atoms with van der Waals surface area (Å²) in [6.07, 6.45) is 0.636. The first-order valence-corrected chi connectivity index (χ1v) is 10.9. The van der Waals surface area contributed by atoms with Crippen molar-refractivity contribution in [2.75, 3.05) is 19.8 Å². The predicted molar refractivity (Wildman–Crippen MR) is 104 cm³/mol. The maximum absolute atomic E-state index is 12.6. The zero-order valence-electron chi connectivity index (χ0n) is 14.4. The number of sulfonamides is 1. The topological polar surface area (TPSA) is 82.0 Å². The number of thioether (sulfide) groups is 1. The number of nitrogens with zero attached hydrogens (tertiary/aromatic N) is 2. The Bertz CT molecular complexity index is 801. The van der Waals surface area contributed by atoms with Crippen molar-refractivity contribution in [2.45, 2.75) is 36.9 Å². The Morgan fingerprint density at radius 2 is 2.08 bits per heavy atom. The highest BCUT2D eigenvalue weighted by atomic mass is 35.5. The van der Waals surface area contributed by atoms with Crippen molar-refractivity contribution in [1.29, 1.82) is 0 Å². The van der Waals surface area contributed by atoms with Crippen molar-refractivity contribution in [2.24, 2.45) is 4.99 Å². The molecule has 0 aromatic heterocycles. The van der Waals surface area contributed by atoms with E-state index in [4.69, 9.17) is 23.2 Å². The van der Waals surface area contributed by atoms with E-state index in [1.54, 1.807) is 25.9 Å². The standard InChI is InChI=1S/C15H21Cl2N3O3S2/c1-5-9(2)19-25(22,23)13-6-10(11(16)7-12(13)17)15(21)8-24-14(18-3)20(15)4/h6-7,9,19,21H,5,8H2,1-4H3. The van der Waals surface area contributed by atoms with E-state index in [0.29, 0.717) is 11.6 Å². The van der Waals surface area contributed by atoms with Gasteiger partial charge in [-0.1, -0.05) is 41.9 Å². The van der Waals surface area contributed by atoms with Gasteiger partial charge >= 0.3 is 0 Å². The van der Waals surface area contributed by atoms with Crippen LogP contribution in [0.1, 0.15) is 25.8 Å². The summed E-state index contributed by atoms with van der Waals surface area (Å²) in [5, 5.41) is 11.9. The average Bonchev–Trinajstić information content (AvgIpc) is 2.82. The molecule has 2 N–H and O–H groups in total. The largest absolute Gasteiger partial charge is 0.366 e. The number of nitrogens with one attached hydrogen (secondary N) is 1. The summed E-state index contributed by atoms with van der Waals surface area (Å²) in [4.78, 5) is 5.57. The maximum Gasteiger partial charge on any atom is 0.242 e. The Kier molecular flexibility index (Phi) is 6.34. The average molecular weight is 426 g/mol. The van der Waals surface area contributed by atoms with Gasteiger partial charge in [-0.25, -0.2) is 13.1 Å². The summed E-state index contributed by atoms with van der Waals surface area (Å²) >= 11 is 13.8. The van der Waals surface area contributed by atoms with E-state index < -0.39 is 15.7 Å². The molecule has 10 heteroatoms. The first-order valence-electron chi connectivity index (χ1n) is 7.64.